The molecule has 0 heterocycles. The third-order valence-electron chi connectivity index (χ3n) is 4.57. The lowest BCUT2D eigenvalue weighted by atomic mass is 9.96. The van der Waals surface area contributed by atoms with Crippen molar-refractivity contribution < 1.29 is 9.59 Å². The molecule has 0 aliphatic rings. The van der Waals surface area contributed by atoms with E-state index >= 15 is 0 Å². The van der Waals surface area contributed by atoms with Crippen LogP contribution in [0.1, 0.15) is 22.6 Å². The lowest BCUT2D eigenvalue weighted by Gasteiger charge is -2.19. The van der Waals surface area contributed by atoms with E-state index in [-0.39, 0.29) is 0 Å². The minimum atomic E-state index is -1.05. The predicted molar refractivity (Wildman–Crippen MR) is 119 cm³/mol. The number of hydrogen-bond acceptors (Lipinski definition) is 2. The number of nitrogens with one attached hydrogen (secondary N) is 2. The van der Waals surface area contributed by atoms with E-state index in [9.17, 15) is 9.59 Å². The zero-order valence-corrected chi connectivity index (χ0v) is 17.5. The fourth-order valence-corrected chi connectivity index (χ4v) is 3.28. The number of rotatable bonds is 5. The summed E-state index contributed by atoms with van der Waals surface area (Å²) in [5.74, 6) is -1.94. The van der Waals surface area contributed by atoms with Gasteiger partial charge < -0.3 is 10.6 Å². The zero-order chi connectivity index (χ0) is 21.0. The maximum Gasteiger partial charge on any atom is 0.241 e. The van der Waals surface area contributed by atoms with Gasteiger partial charge in [0.2, 0.25) is 11.8 Å². The maximum atomic E-state index is 13.1. The first kappa shape index (κ1) is 20.9. The van der Waals surface area contributed by atoms with Crippen molar-refractivity contribution >= 4 is 46.4 Å². The fraction of sp³-hybridized carbons (Fsp3) is 0.130. The summed E-state index contributed by atoms with van der Waals surface area (Å²) < 4.78 is 0. The molecular formula is C23H20Cl2N2O2. The van der Waals surface area contributed by atoms with Crippen LogP contribution in [0.2, 0.25) is 10.0 Å². The van der Waals surface area contributed by atoms with Crippen molar-refractivity contribution in [1.29, 1.82) is 0 Å². The summed E-state index contributed by atoms with van der Waals surface area (Å²) >= 11 is 12.1. The van der Waals surface area contributed by atoms with Crippen LogP contribution in [0.25, 0.3) is 0 Å². The molecule has 0 aliphatic carbocycles. The topological polar surface area (TPSA) is 58.2 Å². The molecule has 2 N–H and O–H groups in total. The van der Waals surface area contributed by atoms with E-state index in [0.717, 1.165) is 11.1 Å². The van der Waals surface area contributed by atoms with E-state index in [0.29, 0.717) is 27.0 Å². The fourth-order valence-electron chi connectivity index (χ4n) is 2.93. The molecule has 3 rings (SSSR count). The van der Waals surface area contributed by atoms with Crippen LogP contribution in [0.4, 0.5) is 11.4 Å². The Labute approximate surface area is 179 Å². The number of halogens is 2. The Hall–Kier alpha value is -2.82. The van der Waals surface area contributed by atoms with Gasteiger partial charge in [-0.25, -0.2) is 0 Å². The van der Waals surface area contributed by atoms with Crippen molar-refractivity contribution in [2.24, 2.45) is 0 Å². The summed E-state index contributed by atoms with van der Waals surface area (Å²) in [5.41, 5.74) is 3.41. The highest BCUT2D eigenvalue weighted by Gasteiger charge is 2.29. The molecule has 0 aromatic heterocycles. The number of aryl methyl sites for hydroxylation is 2. The van der Waals surface area contributed by atoms with Crippen LogP contribution >= 0.6 is 23.2 Å². The number of benzene rings is 3. The van der Waals surface area contributed by atoms with Crippen molar-refractivity contribution in [3.05, 3.63) is 93.5 Å². The highest BCUT2D eigenvalue weighted by Crippen LogP contribution is 2.26. The average molecular weight is 427 g/mol. The Morgan fingerprint density at radius 1 is 0.724 bits per heavy atom. The van der Waals surface area contributed by atoms with Crippen molar-refractivity contribution in [3.63, 3.8) is 0 Å². The van der Waals surface area contributed by atoms with Crippen LogP contribution in [-0.2, 0) is 9.59 Å². The minimum Gasteiger partial charge on any atom is -0.325 e. The van der Waals surface area contributed by atoms with Crippen LogP contribution in [0.5, 0.6) is 0 Å². The Bertz CT molecular complexity index is 986. The molecule has 0 saturated carbocycles. The van der Waals surface area contributed by atoms with Crippen LogP contribution in [-0.4, -0.2) is 11.8 Å². The molecule has 0 bridgehead atoms. The van der Waals surface area contributed by atoms with Gasteiger partial charge in [-0.15, -0.1) is 0 Å². The molecule has 3 aromatic carbocycles. The Morgan fingerprint density at radius 2 is 1.17 bits per heavy atom. The third kappa shape index (κ3) is 5.17. The number of anilines is 2. The third-order valence-corrected chi connectivity index (χ3v) is 5.04. The summed E-state index contributed by atoms with van der Waals surface area (Å²) in [5, 5.41) is 6.67. The molecule has 0 unspecified atom stereocenters. The van der Waals surface area contributed by atoms with Gasteiger partial charge in [0.1, 0.15) is 5.92 Å². The van der Waals surface area contributed by atoms with Crippen LogP contribution < -0.4 is 10.6 Å². The highest BCUT2D eigenvalue weighted by atomic mass is 35.5. The van der Waals surface area contributed by atoms with Gasteiger partial charge in [0.15, 0.2) is 0 Å². The Kier molecular flexibility index (Phi) is 6.57. The molecule has 0 fully saturated rings. The molecule has 4 nitrogen and oxygen atoms in total. The summed E-state index contributed by atoms with van der Waals surface area (Å²) in [6.45, 7) is 3.72. The summed E-state index contributed by atoms with van der Waals surface area (Å²) in [6, 6.07) is 19.3. The van der Waals surface area contributed by atoms with Crippen LogP contribution in [0.15, 0.2) is 66.7 Å². The van der Waals surface area contributed by atoms with Crippen molar-refractivity contribution in [1.82, 2.24) is 0 Å². The van der Waals surface area contributed by atoms with E-state index in [1.165, 1.54) is 0 Å². The molecule has 0 saturated heterocycles. The first-order valence-corrected chi connectivity index (χ1v) is 9.79. The monoisotopic (exact) mass is 426 g/mol. The Morgan fingerprint density at radius 3 is 1.62 bits per heavy atom. The first-order valence-electron chi connectivity index (χ1n) is 9.04. The molecule has 3 aromatic rings. The SMILES string of the molecule is Cc1ccc(Cl)cc1NC(=O)C(C(=O)Nc1cc(Cl)ccc1C)c1ccccc1. The van der Waals surface area contributed by atoms with Crippen molar-refractivity contribution in [3.8, 4) is 0 Å². The molecule has 0 spiro atoms. The lowest BCUT2D eigenvalue weighted by molar-refractivity contribution is -0.125. The van der Waals surface area contributed by atoms with E-state index in [4.69, 9.17) is 23.2 Å². The second-order valence-electron chi connectivity index (χ2n) is 6.74. The lowest BCUT2D eigenvalue weighted by Crippen LogP contribution is -2.32. The molecular weight excluding hydrogens is 407 g/mol. The molecule has 148 valence electrons. The van der Waals surface area contributed by atoms with Gasteiger partial charge in [0, 0.05) is 21.4 Å². The molecule has 0 radical (unpaired) electrons. The minimum absolute atomic E-state index is 0.446. The maximum absolute atomic E-state index is 13.1. The van der Waals surface area contributed by atoms with Crippen LogP contribution in [0.3, 0.4) is 0 Å². The second-order valence-corrected chi connectivity index (χ2v) is 7.61. The number of carbonyl (C=O) groups is 2. The molecule has 0 atom stereocenters. The number of carbonyl (C=O) groups excluding carboxylic acids is 2. The average Bonchev–Trinajstić information content (AvgIpc) is 2.68. The van der Waals surface area contributed by atoms with E-state index in [1.807, 2.05) is 32.0 Å². The van der Waals surface area contributed by atoms with E-state index in [1.54, 1.807) is 48.5 Å². The summed E-state index contributed by atoms with van der Waals surface area (Å²) in [6.07, 6.45) is 0. The van der Waals surface area contributed by atoms with Gasteiger partial charge in [-0.05, 0) is 54.8 Å². The Balaban J connectivity index is 1.92. The predicted octanol–water partition coefficient (Wildman–Crippen LogP) is 5.97. The first-order chi connectivity index (χ1) is 13.8. The molecule has 2 amide bonds. The standard InChI is InChI=1S/C23H20Cl2N2O2/c1-14-8-10-17(24)12-19(14)26-22(28)21(16-6-4-3-5-7-16)23(29)27-20-13-18(25)11-9-15(20)2/h3-13,21H,1-2H3,(H,26,28)(H,27,29). The van der Waals surface area contributed by atoms with Gasteiger partial charge >= 0.3 is 0 Å². The summed E-state index contributed by atoms with van der Waals surface area (Å²) in [4.78, 5) is 26.2. The smallest absolute Gasteiger partial charge is 0.241 e. The second kappa shape index (κ2) is 9.12. The van der Waals surface area contributed by atoms with Gasteiger partial charge in [0.25, 0.3) is 0 Å². The summed E-state index contributed by atoms with van der Waals surface area (Å²) in [7, 11) is 0. The highest BCUT2D eigenvalue weighted by molar-refractivity contribution is 6.31. The molecule has 6 heteroatoms. The molecule has 0 aliphatic heterocycles. The van der Waals surface area contributed by atoms with Gasteiger partial charge in [-0.2, -0.15) is 0 Å². The zero-order valence-electron chi connectivity index (χ0n) is 16.0. The normalized spacial score (nSPS) is 10.7. The van der Waals surface area contributed by atoms with Gasteiger partial charge in [0.05, 0.1) is 0 Å². The quantitative estimate of drug-likeness (QED) is 0.493. The van der Waals surface area contributed by atoms with Crippen molar-refractivity contribution in [2.45, 2.75) is 19.8 Å². The number of amides is 2. The van der Waals surface area contributed by atoms with Crippen LogP contribution in [0, 0.1) is 13.8 Å². The largest absolute Gasteiger partial charge is 0.325 e. The van der Waals surface area contributed by atoms with Crippen molar-refractivity contribution in [2.75, 3.05) is 10.6 Å². The van der Waals surface area contributed by atoms with E-state index in [2.05, 4.69) is 10.6 Å². The number of hydrogen-bond donors (Lipinski definition) is 2. The van der Waals surface area contributed by atoms with Gasteiger partial charge in [-0.3, -0.25) is 9.59 Å². The van der Waals surface area contributed by atoms with E-state index < -0.39 is 17.7 Å². The molecule has 29 heavy (non-hydrogen) atoms. The van der Waals surface area contributed by atoms with Gasteiger partial charge in [-0.1, -0.05) is 65.7 Å².